The van der Waals surface area contributed by atoms with E-state index in [9.17, 15) is 14.9 Å². The molecule has 1 saturated heterocycles. The summed E-state index contributed by atoms with van der Waals surface area (Å²) in [7, 11) is 0. The summed E-state index contributed by atoms with van der Waals surface area (Å²) in [5, 5.41) is 10.9. The molecule has 0 aromatic heterocycles. The van der Waals surface area contributed by atoms with Crippen LogP contribution in [0.5, 0.6) is 0 Å². The van der Waals surface area contributed by atoms with E-state index in [4.69, 9.17) is 4.74 Å². The molecular formula is C16H23N3O4. The number of nitrogens with zero attached hydrogens (tertiary/aromatic N) is 3. The number of carbonyl (C=O) groups excluding carboxylic acids is 1. The van der Waals surface area contributed by atoms with Crippen molar-refractivity contribution in [3.8, 4) is 0 Å². The summed E-state index contributed by atoms with van der Waals surface area (Å²) in [4.78, 5) is 26.4. The number of benzene rings is 1. The number of nitro benzene ring substituents is 1. The Morgan fingerprint density at radius 1 is 1.22 bits per heavy atom. The van der Waals surface area contributed by atoms with Crippen molar-refractivity contribution in [1.82, 2.24) is 4.90 Å². The van der Waals surface area contributed by atoms with Gasteiger partial charge in [0.05, 0.1) is 4.92 Å². The molecule has 1 fully saturated rings. The fraction of sp³-hybridized carbons (Fsp3) is 0.562. The Kier molecular flexibility index (Phi) is 4.77. The van der Waals surface area contributed by atoms with Crippen LogP contribution in [0.4, 0.5) is 16.2 Å². The number of piperazine rings is 1. The first-order valence-corrected chi connectivity index (χ1v) is 7.65. The van der Waals surface area contributed by atoms with E-state index in [1.54, 1.807) is 17.0 Å². The fourth-order valence-corrected chi connectivity index (χ4v) is 2.51. The van der Waals surface area contributed by atoms with Crippen LogP contribution in [0.1, 0.15) is 26.3 Å². The second-order valence-corrected chi connectivity index (χ2v) is 6.68. The molecule has 0 aliphatic carbocycles. The van der Waals surface area contributed by atoms with Gasteiger partial charge < -0.3 is 14.5 Å². The van der Waals surface area contributed by atoms with Crippen LogP contribution in [-0.4, -0.2) is 47.7 Å². The van der Waals surface area contributed by atoms with Crippen LogP contribution in [0, 0.1) is 17.0 Å². The number of rotatable bonds is 2. The molecule has 0 atom stereocenters. The Morgan fingerprint density at radius 2 is 1.83 bits per heavy atom. The zero-order valence-electron chi connectivity index (χ0n) is 14.0. The third kappa shape index (κ3) is 4.34. The molecule has 1 aromatic rings. The van der Waals surface area contributed by atoms with Crippen LogP contribution in [0.15, 0.2) is 18.2 Å². The first kappa shape index (κ1) is 17.1. The SMILES string of the molecule is Cc1ccc([N+](=O)[O-])cc1N1CCN(C(=O)OC(C)(C)C)CC1. The number of hydrogen-bond donors (Lipinski definition) is 0. The zero-order valence-corrected chi connectivity index (χ0v) is 14.0. The van der Waals surface area contributed by atoms with E-state index in [0.717, 1.165) is 11.3 Å². The molecule has 1 heterocycles. The normalized spacial score (nSPS) is 15.5. The highest BCUT2D eigenvalue weighted by molar-refractivity contribution is 5.69. The van der Waals surface area contributed by atoms with Crippen LogP contribution >= 0.6 is 0 Å². The summed E-state index contributed by atoms with van der Waals surface area (Å²) >= 11 is 0. The standard InChI is InChI=1S/C16H23N3O4/c1-12-5-6-13(19(21)22)11-14(12)17-7-9-18(10-8-17)15(20)23-16(2,3)4/h5-6,11H,7-10H2,1-4H3. The summed E-state index contributed by atoms with van der Waals surface area (Å²) in [6, 6.07) is 4.86. The highest BCUT2D eigenvalue weighted by Crippen LogP contribution is 2.26. The average Bonchev–Trinajstić information content (AvgIpc) is 2.46. The van der Waals surface area contributed by atoms with Gasteiger partial charge in [0, 0.05) is 44.0 Å². The highest BCUT2D eigenvalue weighted by Gasteiger charge is 2.26. The van der Waals surface area contributed by atoms with Crippen molar-refractivity contribution in [1.29, 1.82) is 0 Å². The van der Waals surface area contributed by atoms with E-state index in [2.05, 4.69) is 4.90 Å². The number of aryl methyl sites for hydroxylation is 1. The lowest BCUT2D eigenvalue weighted by atomic mass is 10.1. The first-order valence-electron chi connectivity index (χ1n) is 7.65. The smallest absolute Gasteiger partial charge is 0.410 e. The molecule has 0 radical (unpaired) electrons. The molecule has 0 N–H and O–H groups in total. The Labute approximate surface area is 136 Å². The number of non-ortho nitro benzene ring substituents is 1. The second-order valence-electron chi connectivity index (χ2n) is 6.68. The monoisotopic (exact) mass is 321 g/mol. The van der Waals surface area contributed by atoms with E-state index in [1.165, 1.54) is 6.07 Å². The molecule has 1 amide bonds. The van der Waals surface area contributed by atoms with Gasteiger partial charge in [-0.2, -0.15) is 0 Å². The van der Waals surface area contributed by atoms with Crippen LogP contribution < -0.4 is 4.90 Å². The van der Waals surface area contributed by atoms with Crippen molar-refractivity contribution in [2.24, 2.45) is 0 Å². The Hall–Kier alpha value is -2.31. The molecule has 0 bridgehead atoms. The number of amides is 1. The van der Waals surface area contributed by atoms with Crippen molar-refractivity contribution in [3.63, 3.8) is 0 Å². The Morgan fingerprint density at radius 3 is 2.35 bits per heavy atom. The van der Waals surface area contributed by atoms with E-state index in [-0.39, 0.29) is 16.7 Å². The summed E-state index contributed by atoms with van der Waals surface area (Å²) in [5.41, 5.74) is 1.41. The molecule has 1 aliphatic rings. The van der Waals surface area contributed by atoms with E-state index >= 15 is 0 Å². The van der Waals surface area contributed by atoms with Gasteiger partial charge in [-0.1, -0.05) is 6.07 Å². The fourth-order valence-electron chi connectivity index (χ4n) is 2.51. The van der Waals surface area contributed by atoms with Crippen LogP contribution in [0.2, 0.25) is 0 Å². The molecule has 1 aliphatic heterocycles. The van der Waals surface area contributed by atoms with Gasteiger partial charge in [-0.3, -0.25) is 10.1 Å². The summed E-state index contributed by atoms with van der Waals surface area (Å²) in [6.45, 7) is 9.78. The molecule has 2 rings (SSSR count). The maximum absolute atomic E-state index is 12.1. The van der Waals surface area contributed by atoms with Crippen LogP contribution in [0.25, 0.3) is 0 Å². The molecule has 0 unspecified atom stereocenters. The molecule has 7 heteroatoms. The molecule has 0 spiro atoms. The lowest BCUT2D eigenvalue weighted by Gasteiger charge is -2.37. The maximum atomic E-state index is 12.1. The molecule has 126 valence electrons. The third-order valence-corrected chi connectivity index (χ3v) is 3.68. The quantitative estimate of drug-likeness (QED) is 0.618. The molecular weight excluding hydrogens is 298 g/mol. The van der Waals surface area contributed by atoms with Gasteiger partial charge >= 0.3 is 6.09 Å². The minimum Gasteiger partial charge on any atom is -0.444 e. The number of carbonyl (C=O) groups is 1. The van der Waals surface area contributed by atoms with Crippen LogP contribution in [0.3, 0.4) is 0 Å². The zero-order chi connectivity index (χ0) is 17.2. The number of hydrogen-bond acceptors (Lipinski definition) is 5. The summed E-state index contributed by atoms with van der Waals surface area (Å²) in [5.74, 6) is 0. The molecule has 7 nitrogen and oxygen atoms in total. The van der Waals surface area contributed by atoms with Gasteiger partial charge in [0.1, 0.15) is 5.60 Å². The predicted octanol–water partition coefficient (Wildman–Crippen LogP) is 2.96. The Bertz CT molecular complexity index is 602. The van der Waals surface area contributed by atoms with Crippen molar-refractivity contribution in [2.75, 3.05) is 31.1 Å². The lowest BCUT2D eigenvalue weighted by molar-refractivity contribution is -0.384. The van der Waals surface area contributed by atoms with Gasteiger partial charge in [-0.25, -0.2) is 4.79 Å². The molecule has 0 saturated carbocycles. The molecule has 23 heavy (non-hydrogen) atoms. The van der Waals surface area contributed by atoms with Crippen LogP contribution in [-0.2, 0) is 4.74 Å². The lowest BCUT2D eigenvalue weighted by Crippen LogP contribution is -2.50. The van der Waals surface area contributed by atoms with Crippen molar-refractivity contribution in [2.45, 2.75) is 33.3 Å². The number of anilines is 1. The minimum absolute atomic E-state index is 0.0835. The minimum atomic E-state index is -0.509. The van der Waals surface area contributed by atoms with Crippen molar-refractivity contribution in [3.05, 3.63) is 33.9 Å². The van der Waals surface area contributed by atoms with E-state index < -0.39 is 5.60 Å². The van der Waals surface area contributed by atoms with Crippen molar-refractivity contribution >= 4 is 17.5 Å². The van der Waals surface area contributed by atoms with Gasteiger partial charge in [0.25, 0.3) is 5.69 Å². The largest absolute Gasteiger partial charge is 0.444 e. The number of ether oxygens (including phenoxy) is 1. The highest BCUT2D eigenvalue weighted by atomic mass is 16.6. The Balaban J connectivity index is 2.03. The predicted molar refractivity (Wildman–Crippen MR) is 87.9 cm³/mol. The summed E-state index contributed by atoms with van der Waals surface area (Å²) in [6.07, 6.45) is -0.312. The summed E-state index contributed by atoms with van der Waals surface area (Å²) < 4.78 is 5.37. The van der Waals surface area contributed by atoms with Gasteiger partial charge in [0.2, 0.25) is 0 Å². The number of nitro groups is 1. The van der Waals surface area contributed by atoms with E-state index in [0.29, 0.717) is 26.2 Å². The van der Waals surface area contributed by atoms with E-state index in [1.807, 2.05) is 27.7 Å². The van der Waals surface area contributed by atoms with Gasteiger partial charge in [0.15, 0.2) is 0 Å². The second kappa shape index (κ2) is 6.44. The van der Waals surface area contributed by atoms with Crippen molar-refractivity contribution < 1.29 is 14.5 Å². The third-order valence-electron chi connectivity index (χ3n) is 3.68. The first-order chi connectivity index (χ1) is 10.7. The maximum Gasteiger partial charge on any atom is 0.410 e. The van der Waals surface area contributed by atoms with Gasteiger partial charge in [-0.15, -0.1) is 0 Å². The van der Waals surface area contributed by atoms with Gasteiger partial charge in [-0.05, 0) is 33.3 Å². The average molecular weight is 321 g/mol. The topological polar surface area (TPSA) is 75.9 Å². The molecule has 1 aromatic carbocycles.